The SMILES string of the molecule is CCc1cc(N2CCN(C(=O)c3ccc4c(c3)OCO4)CC2)nc2nnc(C)n12. The molecule has 1 aromatic carbocycles. The second-order valence-corrected chi connectivity index (χ2v) is 7.19. The van der Waals surface area contributed by atoms with Crippen LogP contribution in [0.4, 0.5) is 5.82 Å². The maximum Gasteiger partial charge on any atom is 0.257 e. The summed E-state index contributed by atoms with van der Waals surface area (Å²) in [6, 6.07) is 7.43. The van der Waals surface area contributed by atoms with Gasteiger partial charge in [0.1, 0.15) is 11.6 Å². The summed E-state index contributed by atoms with van der Waals surface area (Å²) in [6.45, 7) is 6.95. The zero-order chi connectivity index (χ0) is 20.0. The van der Waals surface area contributed by atoms with Gasteiger partial charge >= 0.3 is 0 Å². The number of carbonyl (C=O) groups excluding carboxylic acids is 1. The normalized spacial score (nSPS) is 15.9. The van der Waals surface area contributed by atoms with Crippen LogP contribution in [0.1, 0.15) is 28.8 Å². The van der Waals surface area contributed by atoms with E-state index >= 15 is 0 Å². The molecule has 1 saturated heterocycles. The van der Waals surface area contributed by atoms with Crippen LogP contribution in [0.3, 0.4) is 0 Å². The van der Waals surface area contributed by atoms with E-state index in [4.69, 9.17) is 9.47 Å². The van der Waals surface area contributed by atoms with E-state index in [1.165, 1.54) is 0 Å². The summed E-state index contributed by atoms with van der Waals surface area (Å²) in [5.74, 6) is 3.67. The predicted molar refractivity (Wildman–Crippen MR) is 106 cm³/mol. The van der Waals surface area contributed by atoms with Crippen molar-refractivity contribution in [1.82, 2.24) is 24.5 Å². The maximum absolute atomic E-state index is 12.9. The second kappa shape index (κ2) is 6.91. The van der Waals surface area contributed by atoms with Gasteiger partial charge in [0.25, 0.3) is 11.7 Å². The van der Waals surface area contributed by atoms with Crippen LogP contribution in [0, 0.1) is 6.92 Å². The number of piperazine rings is 1. The van der Waals surface area contributed by atoms with Gasteiger partial charge in [-0.05, 0) is 31.5 Å². The predicted octanol–water partition coefficient (Wildman–Crippen LogP) is 1.69. The molecule has 29 heavy (non-hydrogen) atoms. The van der Waals surface area contributed by atoms with Gasteiger partial charge in [0, 0.05) is 43.5 Å². The van der Waals surface area contributed by atoms with Crippen molar-refractivity contribution in [3.63, 3.8) is 0 Å². The third-order valence-electron chi connectivity index (χ3n) is 5.48. The zero-order valence-electron chi connectivity index (χ0n) is 16.5. The minimum atomic E-state index is 0.00805. The number of rotatable bonds is 3. The molecule has 9 nitrogen and oxygen atoms in total. The summed E-state index contributed by atoms with van der Waals surface area (Å²) in [7, 11) is 0. The lowest BCUT2D eigenvalue weighted by atomic mass is 10.1. The van der Waals surface area contributed by atoms with Gasteiger partial charge < -0.3 is 19.3 Å². The molecule has 0 unspecified atom stereocenters. The maximum atomic E-state index is 12.9. The fraction of sp³-hybridized carbons (Fsp3) is 0.400. The molecule has 0 bridgehead atoms. The zero-order valence-corrected chi connectivity index (χ0v) is 16.5. The van der Waals surface area contributed by atoms with Crippen molar-refractivity contribution in [3.8, 4) is 11.5 Å². The summed E-state index contributed by atoms with van der Waals surface area (Å²) in [5, 5.41) is 8.33. The van der Waals surface area contributed by atoms with Crippen LogP contribution in [-0.2, 0) is 6.42 Å². The lowest BCUT2D eigenvalue weighted by Gasteiger charge is -2.35. The van der Waals surface area contributed by atoms with Crippen molar-refractivity contribution in [2.75, 3.05) is 37.9 Å². The highest BCUT2D eigenvalue weighted by atomic mass is 16.7. The van der Waals surface area contributed by atoms with Gasteiger partial charge in [-0.15, -0.1) is 10.2 Å². The number of ether oxygens (including phenoxy) is 2. The number of anilines is 1. The Bertz CT molecular complexity index is 1090. The Kier molecular flexibility index (Phi) is 4.22. The van der Waals surface area contributed by atoms with Gasteiger partial charge in [0.15, 0.2) is 11.5 Å². The minimum absolute atomic E-state index is 0.00805. The van der Waals surface area contributed by atoms with Crippen molar-refractivity contribution in [2.45, 2.75) is 20.3 Å². The first-order valence-electron chi connectivity index (χ1n) is 9.79. The summed E-state index contributed by atoms with van der Waals surface area (Å²) < 4.78 is 12.7. The molecular formula is C20H22N6O3. The molecular weight excluding hydrogens is 372 g/mol. The molecule has 5 rings (SSSR count). The molecule has 3 aromatic rings. The molecule has 150 valence electrons. The number of fused-ring (bicyclic) bond motifs is 2. The topological polar surface area (TPSA) is 85.1 Å². The fourth-order valence-electron chi connectivity index (χ4n) is 3.88. The lowest BCUT2D eigenvalue weighted by molar-refractivity contribution is 0.0746. The molecule has 0 spiro atoms. The molecule has 0 radical (unpaired) electrons. The number of aryl methyl sites for hydroxylation is 2. The number of aromatic nitrogens is 4. The van der Waals surface area contributed by atoms with E-state index in [1.807, 2.05) is 16.2 Å². The highest BCUT2D eigenvalue weighted by Gasteiger charge is 2.25. The molecule has 0 N–H and O–H groups in total. The molecule has 4 heterocycles. The third-order valence-corrected chi connectivity index (χ3v) is 5.48. The van der Waals surface area contributed by atoms with Crippen molar-refractivity contribution in [1.29, 1.82) is 0 Å². The van der Waals surface area contributed by atoms with Gasteiger partial charge in [-0.25, -0.2) is 0 Å². The van der Waals surface area contributed by atoms with Gasteiger partial charge in [-0.2, -0.15) is 4.98 Å². The van der Waals surface area contributed by atoms with Crippen molar-refractivity contribution in [2.24, 2.45) is 0 Å². The van der Waals surface area contributed by atoms with Crippen LogP contribution in [0.15, 0.2) is 24.3 Å². The Labute approximate surface area is 167 Å². The smallest absolute Gasteiger partial charge is 0.257 e. The Morgan fingerprint density at radius 2 is 1.86 bits per heavy atom. The van der Waals surface area contributed by atoms with Crippen molar-refractivity contribution < 1.29 is 14.3 Å². The minimum Gasteiger partial charge on any atom is -0.454 e. The molecule has 0 atom stereocenters. The van der Waals surface area contributed by atoms with E-state index in [9.17, 15) is 4.79 Å². The Morgan fingerprint density at radius 3 is 2.66 bits per heavy atom. The molecule has 0 saturated carbocycles. The number of hydrogen-bond acceptors (Lipinski definition) is 7. The Morgan fingerprint density at radius 1 is 1.07 bits per heavy atom. The van der Waals surface area contributed by atoms with Crippen LogP contribution in [-0.4, -0.2) is 63.4 Å². The first kappa shape index (κ1) is 17.7. The van der Waals surface area contributed by atoms with E-state index in [0.29, 0.717) is 35.9 Å². The van der Waals surface area contributed by atoms with Crippen LogP contribution in [0.2, 0.25) is 0 Å². The number of benzene rings is 1. The first-order chi connectivity index (χ1) is 14.1. The van der Waals surface area contributed by atoms with E-state index in [1.54, 1.807) is 18.2 Å². The first-order valence-corrected chi connectivity index (χ1v) is 9.79. The Balaban J connectivity index is 1.31. The largest absolute Gasteiger partial charge is 0.454 e. The summed E-state index contributed by atoms with van der Waals surface area (Å²) in [4.78, 5) is 21.6. The number of carbonyl (C=O) groups is 1. The van der Waals surface area contributed by atoms with Gasteiger partial charge in [0.05, 0.1) is 0 Å². The number of hydrogen-bond donors (Lipinski definition) is 0. The summed E-state index contributed by atoms with van der Waals surface area (Å²) in [5.41, 5.74) is 1.75. The highest BCUT2D eigenvalue weighted by molar-refractivity contribution is 5.95. The molecule has 1 fully saturated rings. The highest BCUT2D eigenvalue weighted by Crippen LogP contribution is 2.33. The van der Waals surface area contributed by atoms with Gasteiger partial charge in [-0.1, -0.05) is 6.92 Å². The average molecular weight is 394 g/mol. The Hall–Kier alpha value is -3.36. The van der Waals surface area contributed by atoms with Gasteiger partial charge in [0.2, 0.25) is 6.79 Å². The van der Waals surface area contributed by atoms with Crippen molar-refractivity contribution in [3.05, 3.63) is 41.3 Å². The lowest BCUT2D eigenvalue weighted by Crippen LogP contribution is -2.49. The van der Waals surface area contributed by atoms with Gasteiger partial charge in [-0.3, -0.25) is 9.20 Å². The molecule has 2 aliphatic rings. The molecule has 2 aromatic heterocycles. The van der Waals surface area contributed by atoms with E-state index in [2.05, 4.69) is 33.1 Å². The molecule has 2 aliphatic heterocycles. The van der Waals surface area contributed by atoms with E-state index < -0.39 is 0 Å². The molecule has 0 aliphatic carbocycles. The average Bonchev–Trinajstić information content (AvgIpc) is 3.38. The summed E-state index contributed by atoms with van der Waals surface area (Å²) in [6.07, 6.45) is 0.869. The van der Waals surface area contributed by atoms with Crippen LogP contribution >= 0.6 is 0 Å². The molecule has 9 heteroatoms. The van der Waals surface area contributed by atoms with Crippen LogP contribution in [0.25, 0.3) is 5.78 Å². The standard InChI is InChI=1S/C20H22N6O3/c1-3-15-11-18(21-20-23-22-13(2)26(15)20)24-6-8-25(9-7-24)19(27)14-4-5-16-17(10-14)29-12-28-16/h4-5,10-11H,3,6-9,12H2,1-2H3. The number of nitrogens with zero attached hydrogens (tertiary/aromatic N) is 6. The second-order valence-electron chi connectivity index (χ2n) is 7.19. The monoisotopic (exact) mass is 394 g/mol. The quantitative estimate of drug-likeness (QED) is 0.668. The number of amides is 1. The van der Waals surface area contributed by atoms with E-state index in [0.717, 1.165) is 36.8 Å². The third kappa shape index (κ3) is 3.02. The van der Waals surface area contributed by atoms with E-state index in [-0.39, 0.29) is 12.7 Å². The van der Waals surface area contributed by atoms with Crippen molar-refractivity contribution >= 4 is 17.5 Å². The van der Waals surface area contributed by atoms with Crippen LogP contribution < -0.4 is 14.4 Å². The molecule has 1 amide bonds. The fourth-order valence-corrected chi connectivity index (χ4v) is 3.88. The van der Waals surface area contributed by atoms with Crippen LogP contribution in [0.5, 0.6) is 11.5 Å². The summed E-state index contributed by atoms with van der Waals surface area (Å²) >= 11 is 0.